The van der Waals surface area contributed by atoms with Crippen molar-refractivity contribution in [1.29, 1.82) is 0 Å². The Bertz CT molecular complexity index is 382. The molecule has 0 saturated carbocycles. The Morgan fingerprint density at radius 1 is 1.36 bits per heavy atom. The van der Waals surface area contributed by atoms with Gasteiger partial charge in [-0.25, -0.2) is 0 Å². The van der Waals surface area contributed by atoms with Gasteiger partial charge in [0.25, 0.3) is 0 Å². The quantitative estimate of drug-likeness (QED) is 0.754. The summed E-state index contributed by atoms with van der Waals surface area (Å²) in [5.74, 6) is 0. The Labute approximate surface area is 86.0 Å². The van der Waals surface area contributed by atoms with Crippen molar-refractivity contribution in [3.05, 3.63) is 24.2 Å². The van der Waals surface area contributed by atoms with Crippen molar-refractivity contribution in [3.8, 4) is 0 Å². The minimum atomic E-state index is 0. The summed E-state index contributed by atoms with van der Waals surface area (Å²) in [6.45, 7) is 6.36. The van der Waals surface area contributed by atoms with Crippen molar-refractivity contribution >= 4 is 10.9 Å². The van der Waals surface area contributed by atoms with Crippen LogP contribution in [0.2, 0.25) is 0 Å². The number of aromatic amines is 1. The van der Waals surface area contributed by atoms with Gasteiger partial charge >= 0.3 is 0 Å². The van der Waals surface area contributed by atoms with Crippen LogP contribution in [0.25, 0.3) is 10.9 Å². The molecule has 0 radical (unpaired) electrons. The number of H-pyrrole nitrogens is 1. The predicted octanol–water partition coefficient (Wildman–Crippen LogP) is 3.32. The van der Waals surface area contributed by atoms with Gasteiger partial charge in [-0.1, -0.05) is 26.7 Å². The van der Waals surface area contributed by atoms with Gasteiger partial charge in [-0.2, -0.15) is 5.10 Å². The molecule has 0 amide bonds. The van der Waals surface area contributed by atoms with Gasteiger partial charge in [-0.05, 0) is 13.0 Å². The molecule has 0 unspecified atom stereocenters. The van der Waals surface area contributed by atoms with Crippen LogP contribution in [0.15, 0.2) is 18.5 Å². The molecule has 0 aromatic carbocycles. The number of nitrogens with zero attached hydrogens (tertiary/aromatic N) is 2. The van der Waals surface area contributed by atoms with Gasteiger partial charge in [0.1, 0.15) is 5.52 Å². The van der Waals surface area contributed by atoms with E-state index in [0.717, 1.165) is 16.6 Å². The summed E-state index contributed by atoms with van der Waals surface area (Å²) >= 11 is 0. The van der Waals surface area contributed by atoms with E-state index in [1.165, 1.54) is 12.8 Å². The van der Waals surface area contributed by atoms with Gasteiger partial charge in [-0.15, -0.1) is 0 Å². The first kappa shape index (κ1) is 10.7. The van der Waals surface area contributed by atoms with E-state index in [2.05, 4.69) is 29.0 Å². The first-order valence-electron chi connectivity index (χ1n) is 5.04. The highest BCUT2D eigenvalue weighted by atomic mass is 15.1. The number of aromatic nitrogens is 3. The molecule has 0 aliphatic rings. The number of fused-ring (bicyclic) bond motifs is 1. The largest absolute Gasteiger partial charge is 0.282 e. The molecule has 0 aliphatic heterocycles. The maximum Gasteiger partial charge on any atom is 0.111 e. The Kier molecular flexibility index (Phi) is 4.11. The van der Waals surface area contributed by atoms with Crippen LogP contribution < -0.4 is 0 Å². The molecule has 0 spiro atoms. The van der Waals surface area contributed by atoms with E-state index >= 15 is 0 Å². The van der Waals surface area contributed by atoms with E-state index in [0.29, 0.717) is 0 Å². The Morgan fingerprint density at radius 2 is 2.07 bits per heavy atom. The van der Waals surface area contributed by atoms with Crippen LogP contribution in [0.4, 0.5) is 0 Å². The molecule has 1 N–H and O–H groups in total. The van der Waals surface area contributed by atoms with Crippen molar-refractivity contribution in [2.45, 2.75) is 33.6 Å². The summed E-state index contributed by atoms with van der Waals surface area (Å²) in [5.41, 5.74) is 2.03. The lowest BCUT2D eigenvalue weighted by Crippen LogP contribution is -1.70. The summed E-state index contributed by atoms with van der Waals surface area (Å²) in [6, 6.07) is 1.95. The molecule has 0 atom stereocenters. The van der Waals surface area contributed by atoms with E-state index in [9.17, 15) is 0 Å². The lowest BCUT2D eigenvalue weighted by atomic mass is 10.3. The van der Waals surface area contributed by atoms with Crippen molar-refractivity contribution in [1.82, 2.24) is 15.2 Å². The van der Waals surface area contributed by atoms with Crippen molar-refractivity contribution in [2.24, 2.45) is 0 Å². The number of rotatable bonds is 1. The number of hydrogen-bond acceptors (Lipinski definition) is 2. The second-order valence-corrected chi connectivity index (χ2v) is 3.24. The van der Waals surface area contributed by atoms with Crippen LogP contribution in [0, 0.1) is 6.92 Å². The van der Waals surface area contributed by atoms with Gasteiger partial charge in [0.15, 0.2) is 0 Å². The third-order valence-electron chi connectivity index (χ3n) is 2.05. The van der Waals surface area contributed by atoms with Crippen LogP contribution in [-0.4, -0.2) is 15.2 Å². The molecular formula is C11H19N3. The molecule has 0 aliphatic carbocycles. The molecule has 0 fully saturated rings. The average molecular weight is 193 g/mol. The molecule has 14 heavy (non-hydrogen) atoms. The highest BCUT2D eigenvalue weighted by Gasteiger charge is 1.97. The molecule has 3 heteroatoms. The number of hydrogen-bond donors (Lipinski definition) is 1. The Morgan fingerprint density at radius 3 is 2.64 bits per heavy atom. The molecule has 2 aromatic rings. The number of unbranched alkanes of at least 4 members (excludes halogenated alkanes) is 1. The highest BCUT2D eigenvalue weighted by molar-refractivity contribution is 5.79. The Hall–Kier alpha value is -1.38. The maximum atomic E-state index is 4.03. The van der Waals surface area contributed by atoms with Crippen LogP contribution in [0.1, 0.15) is 33.8 Å². The first-order valence-corrected chi connectivity index (χ1v) is 5.04. The van der Waals surface area contributed by atoms with Crippen molar-refractivity contribution in [2.75, 3.05) is 0 Å². The first-order chi connectivity index (χ1) is 6.79. The van der Waals surface area contributed by atoms with Gasteiger partial charge in [0.2, 0.25) is 0 Å². The zero-order valence-corrected chi connectivity index (χ0v) is 9.04. The molecule has 2 aromatic heterocycles. The molecule has 0 bridgehead atoms. The number of nitrogens with one attached hydrogen (secondary N) is 1. The topological polar surface area (TPSA) is 41.6 Å². The molecule has 78 valence electrons. The fraction of sp³-hybridized carbons (Fsp3) is 0.455. The minimum Gasteiger partial charge on any atom is -0.282 e. The van der Waals surface area contributed by atoms with E-state index in [1.54, 1.807) is 12.4 Å². The summed E-state index contributed by atoms with van der Waals surface area (Å²) in [6.07, 6.45) is 6.16. The summed E-state index contributed by atoms with van der Waals surface area (Å²) in [5, 5.41) is 8.07. The second-order valence-electron chi connectivity index (χ2n) is 3.24. The third kappa shape index (κ3) is 2.55. The lowest BCUT2D eigenvalue weighted by molar-refractivity contribution is 0.886. The van der Waals surface area contributed by atoms with E-state index in [1.807, 2.05) is 13.0 Å². The third-order valence-corrected chi connectivity index (χ3v) is 2.05. The highest BCUT2D eigenvalue weighted by Crippen LogP contribution is 2.11. The second kappa shape index (κ2) is 5.37. The lowest BCUT2D eigenvalue weighted by Gasteiger charge is -1.83. The van der Waals surface area contributed by atoms with Crippen LogP contribution in [0.5, 0.6) is 0 Å². The monoisotopic (exact) mass is 193 g/mol. The molecule has 0 saturated heterocycles. The normalized spacial score (nSPS) is 9.64. The standard InChI is InChI=1S/C7H7N3.C4H10.H2/c1-5-6-2-3-8-4-7(6)10-9-5;1-3-4-2;/h2-4H,1H3,(H,9,10);3-4H2,1-2H3;1H. The van der Waals surface area contributed by atoms with E-state index in [-0.39, 0.29) is 1.43 Å². The number of pyridine rings is 1. The van der Waals surface area contributed by atoms with Gasteiger partial charge in [-0.3, -0.25) is 10.1 Å². The smallest absolute Gasteiger partial charge is 0.111 e. The molecular weight excluding hydrogens is 174 g/mol. The van der Waals surface area contributed by atoms with Crippen molar-refractivity contribution < 1.29 is 1.43 Å². The summed E-state index contributed by atoms with van der Waals surface area (Å²) in [7, 11) is 0. The average Bonchev–Trinajstić information content (AvgIpc) is 2.62. The zero-order chi connectivity index (χ0) is 10.4. The van der Waals surface area contributed by atoms with E-state index in [4.69, 9.17) is 0 Å². The van der Waals surface area contributed by atoms with Crippen molar-refractivity contribution in [3.63, 3.8) is 0 Å². The van der Waals surface area contributed by atoms with Crippen LogP contribution >= 0.6 is 0 Å². The fourth-order valence-electron chi connectivity index (χ4n) is 0.997. The van der Waals surface area contributed by atoms with Gasteiger partial charge in [0, 0.05) is 18.7 Å². The summed E-state index contributed by atoms with van der Waals surface area (Å²) in [4.78, 5) is 3.94. The molecule has 2 heterocycles. The predicted molar refractivity (Wildman–Crippen MR) is 61.3 cm³/mol. The van der Waals surface area contributed by atoms with E-state index < -0.39 is 0 Å². The SMILES string of the molecule is CCCC.Cc1[nH]nc2cnccc12.[HH]. The van der Waals surface area contributed by atoms with Crippen LogP contribution in [0.3, 0.4) is 0 Å². The summed E-state index contributed by atoms with van der Waals surface area (Å²) < 4.78 is 0. The fourth-order valence-corrected chi connectivity index (χ4v) is 0.997. The Balaban J connectivity index is 0.000000346. The van der Waals surface area contributed by atoms with Crippen LogP contribution in [-0.2, 0) is 0 Å². The minimum absolute atomic E-state index is 0. The van der Waals surface area contributed by atoms with Gasteiger partial charge < -0.3 is 0 Å². The zero-order valence-electron chi connectivity index (χ0n) is 9.04. The maximum absolute atomic E-state index is 4.03. The molecule has 3 nitrogen and oxygen atoms in total. The molecule has 2 rings (SSSR count). The van der Waals surface area contributed by atoms with Gasteiger partial charge in [0.05, 0.1) is 6.20 Å². The number of aryl methyl sites for hydroxylation is 1.